The van der Waals surface area contributed by atoms with Crippen LogP contribution in [0.25, 0.3) is 12.2 Å². The first-order chi connectivity index (χ1) is 20.4. The molecule has 1 aliphatic rings. The van der Waals surface area contributed by atoms with Gasteiger partial charge in [0, 0.05) is 47.1 Å². The van der Waals surface area contributed by atoms with E-state index in [-0.39, 0.29) is 51.4 Å². The zero-order valence-corrected chi connectivity index (χ0v) is 23.0. The van der Waals surface area contributed by atoms with Crippen molar-refractivity contribution in [3.05, 3.63) is 106 Å². The molecule has 8 N–H and O–H groups in total. The number of hydrogen-bond donors (Lipinski definition) is 8. The zero-order valence-electron chi connectivity index (χ0n) is 23.0. The Labute approximate surface area is 246 Å². The lowest BCUT2D eigenvalue weighted by atomic mass is 9.65. The van der Waals surface area contributed by atoms with E-state index in [9.17, 15) is 45.6 Å². The van der Waals surface area contributed by atoms with E-state index in [2.05, 4.69) is 0 Å². The van der Waals surface area contributed by atoms with Gasteiger partial charge in [0.1, 0.15) is 46.0 Å². The number of phenols is 8. The molecule has 9 heteroatoms. The summed E-state index contributed by atoms with van der Waals surface area (Å²) in [5.74, 6) is -5.17. The Hall–Kier alpha value is -5.57. The molecule has 0 fully saturated rings. The monoisotopic (exact) mass is 582 g/mol. The number of hydrogen-bond acceptors (Lipinski definition) is 9. The number of aromatic hydroxyl groups is 8. The third-order valence-corrected chi connectivity index (χ3v) is 7.75. The van der Waals surface area contributed by atoms with Crippen LogP contribution in [0.15, 0.2) is 78.4 Å². The second kappa shape index (κ2) is 11.4. The van der Waals surface area contributed by atoms with Crippen LogP contribution >= 0.6 is 0 Å². The van der Waals surface area contributed by atoms with Crippen LogP contribution in [0.5, 0.6) is 46.0 Å². The van der Waals surface area contributed by atoms with Gasteiger partial charge in [-0.05, 0) is 66.9 Å². The van der Waals surface area contributed by atoms with Crippen LogP contribution in [-0.2, 0) is 0 Å². The molecule has 0 radical (unpaired) electrons. The molecule has 4 aromatic rings. The summed E-state index contributed by atoms with van der Waals surface area (Å²) in [7, 11) is 0. The summed E-state index contributed by atoms with van der Waals surface area (Å²) in [5, 5.41) is 83.1. The lowest BCUT2D eigenvalue weighted by Crippen LogP contribution is -2.31. The fraction of sp³-hybridized carbons (Fsp3) is 0.147. The number of phenolic OH excluding ortho intramolecular Hbond substituents is 8. The Balaban J connectivity index is 1.62. The minimum atomic E-state index is -1.04. The highest BCUT2D eigenvalue weighted by molar-refractivity contribution is 6.02. The van der Waals surface area contributed by atoms with Crippen molar-refractivity contribution in [3.8, 4) is 46.0 Å². The number of Topliss-reactive ketones (excluding diaryl/α,β-unsaturated/α-hetero) is 1. The van der Waals surface area contributed by atoms with Crippen LogP contribution in [0, 0.1) is 5.92 Å². The Kier molecular flexibility index (Phi) is 7.65. The molecular formula is C34H30O9. The van der Waals surface area contributed by atoms with E-state index in [0.717, 1.165) is 11.6 Å². The Morgan fingerprint density at radius 3 is 1.86 bits per heavy atom. The number of ketones is 1. The predicted molar refractivity (Wildman–Crippen MR) is 160 cm³/mol. The van der Waals surface area contributed by atoms with Gasteiger partial charge in [-0.2, -0.15) is 0 Å². The molecule has 1 aliphatic carbocycles. The van der Waals surface area contributed by atoms with Gasteiger partial charge in [0.25, 0.3) is 0 Å². The molecule has 43 heavy (non-hydrogen) atoms. The first-order valence-electron chi connectivity index (χ1n) is 13.4. The molecule has 0 amide bonds. The van der Waals surface area contributed by atoms with Gasteiger partial charge in [-0.15, -0.1) is 0 Å². The largest absolute Gasteiger partial charge is 0.508 e. The standard InChI is InChI=1S/C34H30O9/c1-17-10-25(23-8-6-21(36)15-28(23)39)32(34(43)24-9-7-22(37)16-29(24)40)26(11-17)33-30(41)12-18(13-31(33)42)2-3-19-4-5-20(35)14-27(19)38/h2-9,11-16,25-26,32,35-42H,10H2,1H3/t25-,26+,32-/m0/s1. The van der Waals surface area contributed by atoms with E-state index < -0.39 is 29.3 Å². The van der Waals surface area contributed by atoms with E-state index in [1.165, 1.54) is 66.7 Å². The minimum absolute atomic E-state index is 0.0589. The van der Waals surface area contributed by atoms with E-state index >= 15 is 0 Å². The minimum Gasteiger partial charge on any atom is -0.508 e. The maximum Gasteiger partial charge on any atom is 0.171 e. The second-order valence-electron chi connectivity index (χ2n) is 10.7. The van der Waals surface area contributed by atoms with Crippen LogP contribution in [0.2, 0.25) is 0 Å². The summed E-state index contributed by atoms with van der Waals surface area (Å²) < 4.78 is 0. The predicted octanol–water partition coefficient (Wildman–Crippen LogP) is 6.22. The summed E-state index contributed by atoms with van der Waals surface area (Å²) in [6, 6.07) is 14.5. The fourth-order valence-corrected chi connectivity index (χ4v) is 5.81. The normalized spacial score (nSPS) is 18.4. The van der Waals surface area contributed by atoms with E-state index in [1.54, 1.807) is 12.2 Å². The van der Waals surface area contributed by atoms with Crippen molar-refractivity contribution >= 4 is 17.9 Å². The van der Waals surface area contributed by atoms with Crippen LogP contribution in [0.1, 0.15) is 57.8 Å². The average Bonchev–Trinajstić information content (AvgIpc) is 2.91. The maximum atomic E-state index is 14.2. The molecule has 0 spiro atoms. The molecule has 0 heterocycles. The fourth-order valence-electron chi connectivity index (χ4n) is 5.81. The van der Waals surface area contributed by atoms with Crippen molar-refractivity contribution in [3.63, 3.8) is 0 Å². The van der Waals surface area contributed by atoms with Crippen molar-refractivity contribution < 1.29 is 45.6 Å². The average molecular weight is 583 g/mol. The quantitative estimate of drug-likeness (QED) is 0.0744. The van der Waals surface area contributed by atoms with Crippen LogP contribution < -0.4 is 0 Å². The highest BCUT2D eigenvalue weighted by Crippen LogP contribution is 2.52. The molecule has 0 saturated heterocycles. The SMILES string of the molecule is CC1=C[C@@H](c2c(O)cc(C=Cc3ccc(O)cc3O)cc2O)[C@@H](C(=O)c2ccc(O)cc2O)[C@H](c2ccc(O)cc2O)C1. The molecule has 0 aliphatic heterocycles. The first-order valence-corrected chi connectivity index (χ1v) is 13.4. The van der Waals surface area contributed by atoms with Gasteiger partial charge < -0.3 is 40.9 Å². The molecule has 3 atom stereocenters. The maximum absolute atomic E-state index is 14.2. The van der Waals surface area contributed by atoms with Gasteiger partial charge >= 0.3 is 0 Å². The number of rotatable bonds is 6. The van der Waals surface area contributed by atoms with Gasteiger partial charge in [0.05, 0.1) is 5.56 Å². The highest BCUT2D eigenvalue weighted by Gasteiger charge is 2.43. The molecular weight excluding hydrogens is 552 g/mol. The summed E-state index contributed by atoms with van der Waals surface area (Å²) in [6.45, 7) is 1.82. The Bertz CT molecular complexity index is 1760. The zero-order chi connectivity index (χ0) is 31.0. The molecule has 5 rings (SSSR count). The number of allylic oxidation sites excluding steroid dienone is 2. The van der Waals surface area contributed by atoms with Crippen LogP contribution in [0.4, 0.5) is 0 Å². The molecule has 220 valence electrons. The highest BCUT2D eigenvalue weighted by atomic mass is 16.3. The van der Waals surface area contributed by atoms with Gasteiger partial charge in [-0.25, -0.2) is 0 Å². The molecule has 0 unspecified atom stereocenters. The Morgan fingerprint density at radius 2 is 1.26 bits per heavy atom. The van der Waals surface area contributed by atoms with Crippen molar-refractivity contribution in [1.82, 2.24) is 0 Å². The number of carbonyl (C=O) groups is 1. The van der Waals surface area contributed by atoms with Gasteiger partial charge in [0.2, 0.25) is 0 Å². The first kappa shape index (κ1) is 28.9. The lowest BCUT2D eigenvalue weighted by molar-refractivity contribution is 0.0876. The lowest BCUT2D eigenvalue weighted by Gasteiger charge is -2.37. The van der Waals surface area contributed by atoms with E-state index in [1.807, 2.05) is 6.92 Å². The van der Waals surface area contributed by atoms with Gasteiger partial charge in [-0.1, -0.05) is 29.9 Å². The van der Waals surface area contributed by atoms with Crippen molar-refractivity contribution in [1.29, 1.82) is 0 Å². The summed E-state index contributed by atoms with van der Waals surface area (Å²) in [4.78, 5) is 14.2. The van der Waals surface area contributed by atoms with Gasteiger partial charge in [0.15, 0.2) is 5.78 Å². The third-order valence-electron chi connectivity index (χ3n) is 7.75. The third kappa shape index (κ3) is 5.78. The van der Waals surface area contributed by atoms with Gasteiger partial charge in [-0.3, -0.25) is 4.79 Å². The number of benzene rings is 4. The topological polar surface area (TPSA) is 179 Å². The van der Waals surface area contributed by atoms with Crippen LogP contribution in [-0.4, -0.2) is 46.6 Å². The van der Waals surface area contributed by atoms with Crippen molar-refractivity contribution in [2.75, 3.05) is 0 Å². The van der Waals surface area contributed by atoms with Crippen LogP contribution in [0.3, 0.4) is 0 Å². The molecule has 0 saturated carbocycles. The summed E-state index contributed by atoms with van der Waals surface area (Å²) >= 11 is 0. The van der Waals surface area contributed by atoms with Crippen molar-refractivity contribution in [2.24, 2.45) is 5.92 Å². The van der Waals surface area contributed by atoms with Crippen molar-refractivity contribution in [2.45, 2.75) is 25.2 Å². The molecule has 9 nitrogen and oxygen atoms in total. The molecule has 0 bridgehead atoms. The number of carbonyl (C=O) groups excluding carboxylic acids is 1. The van der Waals surface area contributed by atoms with E-state index in [0.29, 0.717) is 23.1 Å². The summed E-state index contributed by atoms with van der Waals surface area (Å²) in [6.07, 6.45) is 5.16. The molecule has 0 aromatic heterocycles. The smallest absolute Gasteiger partial charge is 0.171 e. The summed E-state index contributed by atoms with van der Waals surface area (Å²) in [5.41, 5.74) is 1.92. The second-order valence-corrected chi connectivity index (χ2v) is 10.7. The molecule has 4 aromatic carbocycles. The van der Waals surface area contributed by atoms with E-state index in [4.69, 9.17) is 0 Å². The Morgan fingerprint density at radius 1 is 0.674 bits per heavy atom.